The molecule has 0 saturated carbocycles. The van der Waals surface area contributed by atoms with Gasteiger partial charge in [0.1, 0.15) is 5.82 Å². The SMILES string of the molecule is CC(C)OCCCNCCSc1cccc(F)c1. The average Bonchev–Trinajstić information content (AvgIpc) is 2.32. The van der Waals surface area contributed by atoms with Gasteiger partial charge in [-0.2, -0.15) is 0 Å². The van der Waals surface area contributed by atoms with Crippen molar-refractivity contribution in [1.82, 2.24) is 5.32 Å². The third-order valence-corrected chi connectivity index (χ3v) is 3.29. The van der Waals surface area contributed by atoms with Crippen molar-refractivity contribution in [2.75, 3.05) is 25.4 Å². The Labute approximate surface area is 113 Å². The highest BCUT2D eigenvalue weighted by molar-refractivity contribution is 7.99. The molecule has 0 saturated heterocycles. The van der Waals surface area contributed by atoms with Gasteiger partial charge in [0.2, 0.25) is 0 Å². The second-order valence-corrected chi connectivity index (χ2v) is 5.50. The molecule has 0 heterocycles. The van der Waals surface area contributed by atoms with Crippen molar-refractivity contribution in [3.8, 4) is 0 Å². The summed E-state index contributed by atoms with van der Waals surface area (Å²) in [6.45, 7) is 6.80. The molecule has 1 rings (SSSR count). The first-order chi connectivity index (χ1) is 8.68. The van der Waals surface area contributed by atoms with Crippen molar-refractivity contribution in [3.63, 3.8) is 0 Å². The molecule has 0 fully saturated rings. The molecule has 18 heavy (non-hydrogen) atoms. The normalized spacial score (nSPS) is 11.1. The van der Waals surface area contributed by atoms with Crippen LogP contribution in [0.5, 0.6) is 0 Å². The zero-order valence-corrected chi connectivity index (χ0v) is 11.9. The standard InChI is InChI=1S/C14H22FNOS/c1-12(2)17-9-4-7-16-8-10-18-14-6-3-5-13(15)11-14/h3,5-6,11-12,16H,4,7-10H2,1-2H3. The van der Waals surface area contributed by atoms with Crippen molar-refractivity contribution in [3.05, 3.63) is 30.1 Å². The van der Waals surface area contributed by atoms with Gasteiger partial charge in [0.15, 0.2) is 0 Å². The van der Waals surface area contributed by atoms with Crippen molar-refractivity contribution >= 4 is 11.8 Å². The largest absolute Gasteiger partial charge is 0.379 e. The van der Waals surface area contributed by atoms with Gasteiger partial charge in [-0.3, -0.25) is 0 Å². The maximum absolute atomic E-state index is 12.9. The van der Waals surface area contributed by atoms with Gasteiger partial charge in [-0.05, 0) is 45.0 Å². The van der Waals surface area contributed by atoms with Crippen LogP contribution in [0.2, 0.25) is 0 Å². The summed E-state index contributed by atoms with van der Waals surface area (Å²) in [4.78, 5) is 0.986. The number of nitrogens with one attached hydrogen (secondary N) is 1. The topological polar surface area (TPSA) is 21.3 Å². The highest BCUT2D eigenvalue weighted by Crippen LogP contribution is 2.17. The fourth-order valence-corrected chi connectivity index (χ4v) is 2.29. The van der Waals surface area contributed by atoms with E-state index < -0.39 is 0 Å². The Morgan fingerprint density at radius 3 is 2.89 bits per heavy atom. The highest BCUT2D eigenvalue weighted by atomic mass is 32.2. The molecule has 1 aromatic rings. The van der Waals surface area contributed by atoms with Crippen LogP contribution in [0.4, 0.5) is 4.39 Å². The number of hydrogen-bond donors (Lipinski definition) is 1. The average molecular weight is 271 g/mol. The number of rotatable bonds is 9. The number of halogens is 1. The van der Waals surface area contributed by atoms with Crippen molar-refractivity contribution in [2.45, 2.75) is 31.3 Å². The van der Waals surface area contributed by atoms with Crippen LogP contribution in [0.25, 0.3) is 0 Å². The lowest BCUT2D eigenvalue weighted by atomic mass is 10.4. The Morgan fingerprint density at radius 1 is 1.33 bits per heavy atom. The van der Waals surface area contributed by atoms with E-state index in [1.165, 1.54) is 6.07 Å². The van der Waals surface area contributed by atoms with Crippen LogP contribution in [-0.4, -0.2) is 31.6 Å². The molecule has 102 valence electrons. The van der Waals surface area contributed by atoms with Gasteiger partial charge in [-0.1, -0.05) is 6.07 Å². The Morgan fingerprint density at radius 2 is 2.17 bits per heavy atom. The van der Waals surface area contributed by atoms with Crippen LogP contribution in [0.15, 0.2) is 29.2 Å². The molecule has 0 aliphatic heterocycles. The monoisotopic (exact) mass is 271 g/mol. The maximum Gasteiger partial charge on any atom is 0.124 e. The maximum atomic E-state index is 12.9. The molecule has 0 unspecified atom stereocenters. The molecule has 2 nitrogen and oxygen atoms in total. The summed E-state index contributed by atoms with van der Waals surface area (Å²) in [5, 5.41) is 3.35. The number of benzene rings is 1. The number of thioether (sulfide) groups is 1. The Hall–Kier alpha value is -0.580. The van der Waals surface area contributed by atoms with Crippen LogP contribution in [0, 0.1) is 5.82 Å². The first-order valence-corrected chi connectivity index (χ1v) is 7.37. The van der Waals surface area contributed by atoms with Crippen molar-refractivity contribution in [1.29, 1.82) is 0 Å². The molecule has 1 aromatic carbocycles. The first kappa shape index (κ1) is 15.5. The quantitative estimate of drug-likeness (QED) is 0.550. The molecule has 0 bridgehead atoms. The zero-order valence-electron chi connectivity index (χ0n) is 11.1. The zero-order chi connectivity index (χ0) is 13.2. The van der Waals surface area contributed by atoms with Gasteiger partial charge >= 0.3 is 0 Å². The third kappa shape index (κ3) is 7.69. The number of ether oxygens (including phenoxy) is 1. The number of hydrogen-bond acceptors (Lipinski definition) is 3. The minimum Gasteiger partial charge on any atom is -0.379 e. The fraction of sp³-hybridized carbons (Fsp3) is 0.571. The Kier molecular flexibility index (Phi) is 8.05. The summed E-state index contributed by atoms with van der Waals surface area (Å²) in [7, 11) is 0. The lowest BCUT2D eigenvalue weighted by molar-refractivity contribution is 0.0772. The summed E-state index contributed by atoms with van der Waals surface area (Å²) in [5.74, 6) is 0.785. The van der Waals surface area contributed by atoms with Crippen LogP contribution < -0.4 is 5.32 Å². The van der Waals surface area contributed by atoms with E-state index in [4.69, 9.17) is 4.74 Å². The third-order valence-electron chi connectivity index (χ3n) is 2.29. The summed E-state index contributed by atoms with van der Waals surface area (Å²) in [6, 6.07) is 6.72. The predicted molar refractivity (Wildman–Crippen MR) is 75.7 cm³/mol. The van der Waals surface area contributed by atoms with Gasteiger partial charge in [-0.25, -0.2) is 4.39 Å². The molecule has 0 amide bonds. The molecule has 0 aromatic heterocycles. The second kappa shape index (κ2) is 9.36. The molecular weight excluding hydrogens is 249 g/mol. The molecule has 4 heteroatoms. The van der Waals surface area contributed by atoms with Crippen molar-refractivity contribution in [2.24, 2.45) is 0 Å². The van der Waals surface area contributed by atoms with E-state index in [0.717, 1.165) is 36.8 Å². The van der Waals surface area contributed by atoms with Crippen LogP contribution in [0.3, 0.4) is 0 Å². The molecule has 0 aliphatic rings. The van der Waals surface area contributed by atoms with E-state index in [9.17, 15) is 4.39 Å². The van der Waals surface area contributed by atoms with Gasteiger partial charge in [0, 0.05) is 23.8 Å². The lowest BCUT2D eigenvalue weighted by Gasteiger charge is -2.08. The summed E-state index contributed by atoms with van der Waals surface area (Å²) in [6.07, 6.45) is 1.34. The molecule has 0 atom stereocenters. The first-order valence-electron chi connectivity index (χ1n) is 6.39. The summed E-state index contributed by atoms with van der Waals surface area (Å²) >= 11 is 1.67. The second-order valence-electron chi connectivity index (χ2n) is 4.33. The molecule has 0 aliphatic carbocycles. The fourth-order valence-electron chi connectivity index (χ4n) is 1.44. The van der Waals surface area contributed by atoms with E-state index in [2.05, 4.69) is 5.32 Å². The molecule has 1 N–H and O–H groups in total. The van der Waals surface area contributed by atoms with E-state index in [1.54, 1.807) is 23.9 Å². The smallest absolute Gasteiger partial charge is 0.124 e. The molecule has 0 radical (unpaired) electrons. The molecular formula is C14H22FNOS. The minimum absolute atomic E-state index is 0.168. The highest BCUT2D eigenvalue weighted by Gasteiger charge is 1.96. The van der Waals surface area contributed by atoms with Gasteiger partial charge in [-0.15, -0.1) is 11.8 Å². The van der Waals surface area contributed by atoms with E-state index in [1.807, 2.05) is 19.9 Å². The van der Waals surface area contributed by atoms with Gasteiger partial charge < -0.3 is 10.1 Å². The van der Waals surface area contributed by atoms with E-state index in [0.29, 0.717) is 6.10 Å². The summed E-state index contributed by atoms with van der Waals surface area (Å²) in [5.41, 5.74) is 0. The van der Waals surface area contributed by atoms with Crippen LogP contribution in [-0.2, 0) is 4.74 Å². The molecule has 0 spiro atoms. The van der Waals surface area contributed by atoms with E-state index >= 15 is 0 Å². The Balaban J connectivity index is 1.96. The lowest BCUT2D eigenvalue weighted by Crippen LogP contribution is -2.20. The van der Waals surface area contributed by atoms with Crippen LogP contribution in [0.1, 0.15) is 20.3 Å². The minimum atomic E-state index is -0.168. The van der Waals surface area contributed by atoms with Gasteiger partial charge in [0.05, 0.1) is 6.10 Å². The van der Waals surface area contributed by atoms with E-state index in [-0.39, 0.29) is 5.82 Å². The van der Waals surface area contributed by atoms with Crippen LogP contribution >= 0.6 is 11.8 Å². The van der Waals surface area contributed by atoms with Gasteiger partial charge in [0.25, 0.3) is 0 Å². The Bertz CT molecular complexity index is 333. The summed E-state index contributed by atoms with van der Waals surface area (Å²) < 4.78 is 18.3. The predicted octanol–water partition coefficient (Wildman–Crippen LogP) is 3.32. The van der Waals surface area contributed by atoms with Crippen molar-refractivity contribution < 1.29 is 9.13 Å².